The van der Waals surface area contributed by atoms with Crippen LogP contribution in [-0.2, 0) is 37.4 Å². The van der Waals surface area contributed by atoms with E-state index in [9.17, 15) is 27.9 Å². The van der Waals surface area contributed by atoms with Crippen molar-refractivity contribution in [1.29, 1.82) is 0 Å². The van der Waals surface area contributed by atoms with E-state index in [1.807, 2.05) is 63.2 Å². The molecule has 0 saturated heterocycles. The molecule has 0 aromatic heterocycles. The fraction of sp³-hybridized carbons (Fsp3) is 0.447. The van der Waals surface area contributed by atoms with Crippen molar-refractivity contribution < 1.29 is 37.4 Å². The number of carbonyl (C=O) groups excluding carboxylic acids is 2. The second-order valence-electron chi connectivity index (χ2n) is 13.7. The van der Waals surface area contributed by atoms with Crippen molar-refractivity contribution in [3.63, 3.8) is 0 Å². The van der Waals surface area contributed by atoms with Crippen LogP contribution in [0.2, 0.25) is 0 Å². The average Bonchev–Trinajstić information content (AvgIpc) is 3.04. The summed E-state index contributed by atoms with van der Waals surface area (Å²) in [5, 5.41) is 15.6. The highest BCUT2D eigenvalue weighted by Crippen LogP contribution is 2.23. The number of carboxylic acid groups (broad SMARTS) is 1. The number of aliphatic carboxylic acids is 1. The van der Waals surface area contributed by atoms with Gasteiger partial charge in [-0.05, 0) is 88.3 Å². The minimum atomic E-state index is -4.08. The van der Waals surface area contributed by atoms with E-state index in [4.69, 9.17) is 9.47 Å². The molecule has 0 saturated carbocycles. The summed E-state index contributed by atoms with van der Waals surface area (Å²) in [6, 6.07) is 21.2. The Morgan fingerprint density at radius 3 is 2.10 bits per heavy atom. The van der Waals surface area contributed by atoms with Gasteiger partial charge in [0.05, 0.1) is 4.90 Å². The molecule has 11 nitrogen and oxygen atoms in total. The molecule has 0 aliphatic heterocycles. The van der Waals surface area contributed by atoms with Crippen LogP contribution in [-0.4, -0.2) is 66.6 Å². The number of rotatable bonds is 18. The van der Waals surface area contributed by atoms with Gasteiger partial charge in [0.2, 0.25) is 15.9 Å². The van der Waals surface area contributed by atoms with Gasteiger partial charge in [-0.25, -0.2) is 13.2 Å². The maximum atomic E-state index is 13.6. The topological polar surface area (TPSA) is 151 Å². The van der Waals surface area contributed by atoms with Gasteiger partial charge < -0.3 is 25.2 Å². The molecule has 3 N–H and O–H groups in total. The molecule has 12 heteroatoms. The van der Waals surface area contributed by atoms with Crippen molar-refractivity contribution in [3.05, 3.63) is 95.6 Å². The Labute approximate surface area is 296 Å². The first kappa shape index (κ1) is 40.0. The zero-order chi connectivity index (χ0) is 36.9. The van der Waals surface area contributed by atoms with E-state index in [1.165, 1.54) is 12.1 Å². The predicted octanol–water partition coefficient (Wildman–Crippen LogP) is 6.10. The van der Waals surface area contributed by atoms with Gasteiger partial charge in [0.15, 0.2) is 0 Å². The normalized spacial score (nSPS) is 13.0. The lowest BCUT2D eigenvalue weighted by molar-refractivity contribution is -0.142. The van der Waals surface area contributed by atoms with Crippen molar-refractivity contribution in [1.82, 2.24) is 14.9 Å². The van der Waals surface area contributed by atoms with Gasteiger partial charge in [0.1, 0.15) is 30.0 Å². The van der Waals surface area contributed by atoms with Crippen molar-refractivity contribution in [2.75, 3.05) is 13.1 Å². The highest BCUT2D eigenvalue weighted by molar-refractivity contribution is 7.89. The van der Waals surface area contributed by atoms with E-state index in [0.29, 0.717) is 25.2 Å². The second kappa shape index (κ2) is 18.5. The molecule has 3 rings (SSSR count). The molecule has 0 unspecified atom stereocenters. The maximum Gasteiger partial charge on any atom is 0.408 e. The van der Waals surface area contributed by atoms with Crippen molar-refractivity contribution >= 4 is 28.0 Å². The van der Waals surface area contributed by atoms with Crippen LogP contribution in [0.15, 0.2) is 83.8 Å². The molecule has 2 amide bonds. The molecule has 272 valence electrons. The Bertz CT molecular complexity index is 1640. The van der Waals surface area contributed by atoms with Crippen molar-refractivity contribution in [3.8, 4) is 5.75 Å². The lowest BCUT2D eigenvalue weighted by Gasteiger charge is -2.29. The number of hydrogen-bond donors (Lipinski definition) is 3. The molecule has 3 aromatic rings. The van der Waals surface area contributed by atoms with Crippen LogP contribution in [0.25, 0.3) is 0 Å². The summed E-state index contributed by atoms with van der Waals surface area (Å²) in [6.07, 6.45) is 0.240. The molecule has 50 heavy (non-hydrogen) atoms. The molecule has 0 spiro atoms. The zero-order valence-corrected chi connectivity index (χ0v) is 30.7. The average molecular weight is 710 g/mol. The molecular weight excluding hydrogens is 658 g/mol. The number of aryl methyl sites for hydroxylation is 1. The molecule has 0 aliphatic rings. The standard InChI is InChI=1S/C38H51N3O8S/c1-27(2)25-41(50(46,47)32-21-15-28(3)16-22-32)34(36(43)44)14-10-11-23-39-35(42)33(40-37(45)49-38(4,5)6)24-29-17-19-31(20-18-29)48-26-30-12-8-7-9-13-30/h7-9,12-13,15-22,27,33-34H,10-11,14,23-26H2,1-6H3,(H,39,42)(H,40,45)(H,43,44)/t33-,34-/m0/s1. The summed E-state index contributed by atoms with van der Waals surface area (Å²) in [7, 11) is -4.08. The molecular formula is C38H51N3O8S. The largest absolute Gasteiger partial charge is 0.489 e. The van der Waals surface area contributed by atoms with Crippen LogP contribution in [0.4, 0.5) is 4.79 Å². The van der Waals surface area contributed by atoms with E-state index in [-0.39, 0.29) is 36.7 Å². The zero-order valence-electron chi connectivity index (χ0n) is 29.8. The third-order valence-electron chi connectivity index (χ3n) is 7.63. The summed E-state index contributed by atoms with van der Waals surface area (Å²) in [5.41, 5.74) is 1.95. The summed E-state index contributed by atoms with van der Waals surface area (Å²) >= 11 is 0. The number of sulfonamides is 1. The Morgan fingerprint density at radius 1 is 0.880 bits per heavy atom. The third kappa shape index (κ3) is 13.1. The monoisotopic (exact) mass is 709 g/mol. The Kier molecular flexibility index (Phi) is 14.8. The fourth-order valence-corrected chi connectivity index (χ4v) is 6.92. The predicted molar refractivity (Wildman–Crippen MR) is 192 cm³/mol. The quantitative estimate of drug-likeness (QED) is 0.134. The molecule has 0 fully saturated rings. The number of ether oxygens (including phenoxy) is 2. The smallest absolute Gasteiger partial charge is 0.408 e. The fourth-order valence-electron chi connectivity index (χ4n) is 5.14. The van der Waals surface area contributed by atoms with Gasteiger partial charge in [-0.2, -0.15) is 4.31 Å². The van der Waals surface area contributed by atoms with Crippen LogP contribution in [0.3, 0.4) is 0 Å². The van der Waals surface area contributed by atoms with Gasteiger partial charge in [-0.1, -0.05) is 74.0 Å². The van der Waals surface area contributed by atoms with Gasteiger partial charge in [0.25, 0.3) is 0 Å². The number of benzene rings is 3. The lowest BCUT2D eigenvalue weighted by Crippen LogP contribution is -2.49. The third-order valence-corrected chi connectivity index (χ3v) is 9.52. The molecule has 0 bridgehead atoms. The number of unbranched alkanes of at least 4 members (excludes halogenated alkanes) is 1. The molecule has 3 aromatic carbocycles. The first-order valence-electron chi connectivity index (χ1n) is 16.9. The number of carboxylic acids is 1. The second-order valence-corrected chi connectivity index (χ2v) is 15.6. The summed E-state index contributed by atoms with van der Waals surface area (Å²) < 4.78 is 39.5. The summed E-state index contributed by atoms with van der Waals surface area (Å²) in [4.78, 5) is 38.4. The number of nitrogens with one attached hydrogen (secondary N) is 2. The Morgan fingerprint density at radius 2 is 1.52 bits per heavy atom. The van der Waals surface area contributed by atoms with Gasteiger partial charge in [-0.3, -0.25) is 9.59 Å². The summed E-state index contributed by atoms with van der Waals surface area (Å²) in [5.74, 6) is -1.11. The van der Waals surface area contributed by atoms with Gasteiger partial charge in [-0.15, -0.1) is 0 Å². The summed E-state index contributed by atoms with van der Waals surface area (Å²) in [6.45, 7) is 11.4. The number of amides is 2. The Balaban J connectivity index is 1.63. The minimum absolute atomic E-state index is 0.0418. The van der Waals surface area contributed by atoms with Gasteiger partial charge in [0, 0.05) is 19.5 Å². The van der Waals surface area contributed by atoms with Crippen molar-refractivity contribution in [2.45, 2.75) is 96.4 Å². The molecule has 0 aliphatic carbocycles. The first-order valence-corrected chi connectivity index (χ1v) is 18.3. The highest BCUT2D eigenvalue weighted by atomic mass is 32.2. The van der Waals surface area contributed by atoms with E-state index in [0.717, 1.165) is 21.0 Å². The molecule has 0 radical (unpaired) electrons. The van der Waals surface area contributed by atoms with Crippen LogP contribution in [0.1, 0.15) is 70.6 Å². The van der Waals surface area contributed by atoms with Crippen LogP contribution in [0, 0.1) is 12.8 Å². The van der Waals surface area contributed by atoms with Crippen molar-refractivity contribution in [2.24, 2.45) is 5.92 Å². The van der Waals surface area contributed by atoms with Crippen LogP contribution >= 0.6 is 0 Å². The van der Waals surface area contributed by atoms with Crippen LogP contribution < -0.4 is 15.4 Å². The number of hydrogen-bond acceptors (Lipinski definition) is 7. The van der Waals surface area contributed by atoms with E-state index in [2.05, 4.69) is 10.6 Å². The molecule has 2 atom stereocenters. The minimum Gasteiger partial charge on any atom is -0.489 e. The number of alkyl carbamates (subject to hydrolysis) is 1. The van der Waals surface area contributed by atoms with E-state index >= 15 is 0 Å². The maximum absolute atomic E-state index is 13.6. The lowest BCUT2D eigenvalue weighted by atomic mass is 10.0. The van der Waals surface area contributed by atoms with Crippen LogP contribution in [0.5, 0.6) is 5.75 Å². The number of carbonyl (C=O) groups is 3. The SMILES string of the molecule is Cc1ccc(S(=O)(=O)N(CC(C)C)[C@@H](CCCCNC(=O)[C@H](Cc2ccc(OCc3ccccc3)cc2)NC(=O)OC(C)(C)C)C(=O)O)cc1. The van der Waals surface area contributed by atoms with E-state index < -0.39 is 45.7 Å². The number of nitrogens with zero attached hydrogens (tertiary/aromatic N) is 1. The van der Waals surface area contributed by atoms with Gasteiger partial charge >= 0.3 is 12.1 Å². The highest BCUT2D eigenvalue weighted by Gasteiger charge is 2.36. The Hall–Kier alpha value is -4.42. The first-order chi connectivity index (χ1) is 23.5. The van der Waals surface area contributed by atoms with E-state index in [1.54, 1.807) is 45.0 Å². The molecule has 0 heterocycles.